The predicted octanol–water partition coefficient (Wildman–Crippen LogP) is 3.28. The molecule has 0 aliphatic rings. The Labute approximate surface area is 125 Å². The zero-order valence-corrected chi connectivity index (χ0v) is 12.9. The van der Waals surface area contributed by atoms with E-state index in [1.807, 2.05) is 38.1 Å². The fourth-order valence-corrected chi connectivity index (χ4v) is 2.19. The maximum atomic E-state index is 5.75. The van der Waals surface area contributed by atoms with Gasteiger partial charge in [0.1, 0.15) is 10.7 Å². The number of ether oxygens (including phenoxy) is 1. The molecule has 2 aromatic rings. The second-order valence-electron chi connectivity index (χ2n) is 3.99. The predicted molar refractivity (Wildman–Crippen MR) is 81.6 cm³/mol. The fourth-order valence-electron chi connectivity index (χ4n) is 1.58. The van der Waals surface area contributed by atoms with Crippen LogP contribution in [-0.4, -0.2) is 15.2 Å². The van der Waals surface area contributed by atoms with Crippen molar-refractivity contribution < 1.29 is 4.74 Å². The van der Waals surface area contributed by atoms with Gasteiger partial charge in [-0.05, 0) is 47.5 Å². The van der Waals surface area contributed by atoms with Gasteiger partial charge in [0.15, 0.2) is 0 Å². The molecule has 0 aliphatic carbocycles. The summed E-state index contributed by atoms with van der Waals surface area (Å²) in [5.74, 6) is 0.958. The Morgan fingerprint density at radius 1 is 1.26 bits per heavy atom. The number of aryl methyl sites for hydroxylation is 1. The average Bonchev–Trinajstić information content (AvgIpc) is 2.36. The van der Waals surface area contributed by atoms with Gasteiger partial charge >= 0.3 is 0 Å². The molecule has 0 amide bonds. The van der Waals surface area contributed by atoms with Crippen molar-refractivity contribution in [3.63, 3.8) is 0 Å². The van der Waals surface area contributed by atoms with Crippen molar-refractivity contribution in [1.82, 2.24) is 10.2 Å². The van der Waals surface area contributed by atoms with E-state index in [-0.39, 0.29) is 4.99 Å². The lowest BCUT2D eigenvalue weighted by Gasteiger charge is -2.12. The van der Waals surface area contributed by atoms with Crippen LogP contribution in [0.15, 0.2) is 28.7 Å². The van der Waals surface area contributed by atoms with Crippen molar-refractivity contribution in [1.29, 1.82) is 0 Å². The largest absolute Gasteiger partial charge is 0.436 e. The summed E-state index contributed by atoms with van der Waals surface area (Å²) in [6, 6.07) is 7.47. The number of aromatic nitrogens is 2. The lowest BCUT2D eigenvalue weighted by Crippen LogP contribution is -2.15. The summed E-state index contributed by atoms with van der Waals surface area (Å²) in [7, 11) is 0. The van der Waals surface area contributed by atoms with E-state index < -0.39 is 0 Å². The molecule has 0 unspecified atom stereocenters. The number of benzene rings is 1. The third-order valence-corrected chi connectivity index (χ3v) is 3.57. The first-order valence-electron chi connectivity index (χ1n) is 5.56. The summed E-state index contributed by atoms with van der Waals surface area (Å²) >= 11 is 8.48. The third kappa shape index (κ3) is 2.90. The van der Waals surface area contributed by atoms with Gasteiger partial charge in [0.25, 0.3) is 0 Å². The highest BCUT2D eigenvalue weighted by Gasteiger charge is 2.16. The summed E-state index contributed by atoms with van der Waals surface area (Å²) in [5.41, 5.74) is 8.03. The van der Waals surface area contributed by atoms with Gasteiger partial charge < -0.3 is 10.5 Å². The lowest BCUT2D eigenvalue weighted by atomic mass is 10.1. The zero-order valence-electron chi connectivity index (χ0n) is 10.5. The van der Waals surface area contributed by atoms with Gasteiger partial charge in [-0.2, -0.15) is 5.10 Å². The van der Waals surface area contributed by atoms with Crippen LogP contribution in [-0.2, 0) is 0 Å². The molecular formula is C13H12BrN3OS. The molecule has 0 saturated carbocycles. The Kier molecular flexibility index (Phi) is 4.11. The summed E-state index contributed by atoms with van der Waals surface area (Å²) in [6.07, 6.45) is 0. The van der Waals surface area contributed by atoms with Crippen molar-refractivity contribution in [2.45, 2.75) is 13.8 Å². The molecule has 0 spiro atoms. The Morgan fingerprint density at radius 2 is 1.95 bits per heavy atom. The van der Waals surface area contributed by atoms with Crippen LogP contribution in [0.4, 0.5) is 0 Å². The van der Waals surface area contributed by atoms with E-state index >= 15 is 0 Å². The maximum Gasteiger partial charge on any atom is 0.249 e. The monoisotopic (exact) mass is 337 g/mol. The first kappa shape index (κ1) is 13.9. The van der Waals surface area contributed by atoms with E-state index in [2.05, 4.69) is 26.1 Å². The number of nitrogens with two attached hydrogens (primary N) is 1. The van der Waals surface area contributed by atoms with E-state index in [1.165, 1.54) is 0 Å². The first-order chi connectivity index (χ1) is 9.00. The molecule has 0 bridgehead atoms. The maximum absolute atomic E-state index is 5.75. The number of nitrogens with zero attached hydrogens (tertiary/aromatic N) is 2. The van der Waals surface area contributed by atoms with Gasteiger partial charge in [-0.3, -0.25) is 0 Å². The minimum atomic E-state index is 0.248. The molecule has 19 heavy (non-hydrogen) atoms. The van der Waals surface area contributed by atoms with E-state index in [4.69, 9.17) is 22.7 Å². The van der Waals surface area contributed by atoms with Crippen LogP contribution >= 0.6 is 28.1 Å². The topological polar surface area (TPSA) is 61.0 Å². The number of hydrogen-bond donors (Lipinski definition) is 1. The molecule has 2 N–H and O–H groups in total. The Bertz CT molecular complexity index is 646. The number of hydrogen-bond acceptors (Lipinski definition) is 4. The molecule has 0 radical (unpaired) electrons. The zero-order chi connectivity index (χ0) is 14.0. The van der Waals surface area contributed by atoms with Crippen LogP contribution in [0.2, 0.25) is 0 Å². The average molecular weight is 338 g/mol. The molecule has 0 fully saturated rings. The smallest absolute Gasteiger partial charge is 0.249 e. The number of halogens is 1. The van der Waals surface area contributed by atoms with Gasteiger partial charge in [0.2, 0.25) is 5.88 Å². The molecule has 1 aromatic heterocycles. The van der Waals surface area contributed by atoms with Crippen LogP contribution in [0, 0.1) is 13.8 Å². The van der Waals surface area contributed by atoms with Crippen LogP contribution in [0.5, 0.6) is 11.6 Å². The second kappa shape index (κ2) is 5.63. The standard InChI is InChI=1S/C13H12BrN3OS/c1-7-8(2)16-17-13(11(7)12(15)19)18-10-6-4-3-5-9(10)14/h3-6H,1-2H3,(H2,15,19). The number of para-hydroxylation sites is 1. The summed E-state index contributed by atoms with van der Waals surface area (Å²) in [5, 5.41) is 8.08. The van der Waals surface area contributed by atoms with Gasteiger partial charge in [0, 0.05) is 0 Å². The highest BCUT2D eigenvalue weighted by Crippen LogP contribution is 2.31. The number of rotatable bonds is 3. The Hall–Kier alpha value is -1.53. The third-order valence-electron chi connectivity index (χ3n) is 2.71. The molecule has 0 aliphatic heterocycles. The van der Waals surface area contributed by atoms with Gasteiger partial charge in [-0.1, -0.05) is 24.4 Å². The van der Waals surface area contributed by atoms with Crippen LogP contribution in [0.25, 0.3) is 0 Å². The van der Waals surface area contributed by atoms with Crippen molar-refractivity contribution >= 4 is 33.1 Å². The van der Waals surface area contributed by atoms with E-state index in [9.17, 15) is 0 Å². The Morgan fingerprint density at radius 3 is 2.58 bits per heavy atom. The molecular weight excluding hydrogens is 326 g/mol. The van der Waals surface area contributed by atoms with E-state index in [0.717, 1.165) is 15.7 Å². The lowest BCUT2D eigenvalue weighted by molar-refractivity contribution is 0.450. The number of thiocarbonyl (C=S) groups is 1. The van der Waals surface area contributed by atoms with Crippen molar-refractivity contribution in [3.05, 3.63) is 45.6 Å². The molecule has 6 heteroatoms. The summed E-state index contributed by atoms with van der Waals surface area (Å²) in [4.78, 5) is 0.248. The second-order valence-corrected chi connectivity index (χ2v) is 5.28. The quantitative estimate of drug-likeness (QED) is 0.871. The van der Waals surface area contributed by atoms with Gasteiger partial charge in [-0.25, -0.2) is 0 Å². The first-order valence-corrected chi connectivity index (χ1v) is 6.77. The minimum absolute atomic E-state index is 0.248. The molecule has 4 nitrogen and oxygen atoms in total. The van der Waals surface area contributed by atoms with Crippen molar-refractivity contribution in [2.75, 3.05) is 0 Å². The van der Waals surface area contributed by atoms with Crippen molar-refractivity contribution in [2.24, 2.45) is 5.73 Å². The van der Waals surface area contributed by atoms with E-state index in [1.54, 1.807) is 0 Å². The van der Waals surface area contributed by atoms with E-state index in [0.29, 0.717) is 17.2 Å². The normalized spacial score (nSPS) is 10.3. The molecule has 1 aromatic carbocycles. The van der Waals surface area contributed by atoms with Crippen LogP contribution in [0.1, 0.15) is 16.8 Å². The minimum Gasteiger partial charge on any atom is -0.436 e. The summed E-state index contributed by atoms with van der Waals surface area (Å²) < 4.78 is 6.57. The molecule has 0 atom stereocenters. The molecule has 2 rings (SSSR count). The Balaban J connectivity index is 2.49. The van der Waals surface area contributed by atoms with Crippen molar-refractivity contribution in [3.8, 4) is 11.6 Å². The summed E-state index contributed by atoms with van der Waals surface area (Å²) in [6.45, 7) is 3.75. The fraction of sp³-hybridized carbons (Fsp3) is 0.154. The highest BCUT2D eigenvalue weighted by atomic mass is 79.9. The molecule has 98 valence electrons. The van der Waals surface area contributed by atoms with Gasteiger partial charge in [0.05, 0.1) is 15.7 Å². The SMILES string of the molecule is Cc1nnc(Oc2ccccc2Br)c(C(N)=S)c1C. The highest BCUT2D eigenvalue weighted by molar-refractivity contribution is 9.10. The van der Waals surface area contributed by atoms with Crippen LogP contribution < -0.4 is 10.5 Å². The van der Waals surface area contributed by atoms with Gasteiger partial charge in [-0.15, -0.1) is 5.10 Å². The molecule has 1 heterocycles. The molecule has 0 saturated heterocycles. The van der Waals surface area contributed by atoms with Crippen LogP contribution in [0.3, 0.4) is 0 Å².